The molecule has 2 aromatic rings. The molecule has 2 atom stereocenters. The number of hydrogen-bond donors (Lipinski definition) is 3. The number of benzene rings is 1. The molecule has 0 amide bonds. The van der Waals surface area contributed by atoms with Crippen molar-refractivity contribution in [3.05, 3.63) is 35.0 Å². The summed E-state index contributed by atoms with van der Waals surface area (Å²) < 4.78 is 1.42. The molecule has 0 saturated carbocycles. The molecular formula is C17H17ClN2O6. The molecule has 1 aliphatic rings. The third-order valence-corrected chi connectivity index (χ3v) is 4.86. The van der Waals surface area contributed by atoms with Crippen LogP contribution >= 0.6 is 11.6 Å². The van der Waals surface area contributed by atoms with E-state index in [1.807, 2.05) is 0 Å². The molecule has 3 rings (SSSR count). The van der Waals surface area contributed by atoms with E-state index in [2.05, 4.69) is 0 Å². The van der Waals surface area contributed by atoms with Gasteiger partial charge < -0.3 is 19.9 Å². The van der Waals surface area contributed by atoms with Crippen molar-refractivity contribution in [1.82, 2.24) is 9.47 Å². The molecule has 8 nitrogen and oxygen atoms in total. The molecule has 1 unspecified atom stereocenters. The first kappa shape index (κ1) is 18.2. The van der Waals surface area contributed by atoms with Gasteiger partial charge in [-0.15, -0.1) is 0 Å². The predicted molar refractivity (Wildman–Crippen MR) is 92.3 cm³/mol. The molecule has 9 heteroatoms. The van der Waals surface area contributed by atoms with Gasteiger partial charge in [0.15, 0.2) is 0 Å². The molecule has 1 saturated heterocycles. The van der Waals surface area contributed by atoms with Crippen LogP contribution in [-0.4, -0.2) is 55.3 Å². The number of aromatic nitrogens is 1. The SMILES string of the molecule is O=C(O)Cn1cc(C(C(=O)O)N2CCC[C@H]2C(=O)O)c2ccc(Cl)cc21. The van der Waals surface area contributed by atoms with Crippen molar-refractivity contribution < 1.29 is 29.7 Å². The van der Waals surface area contributed by atoms with E-state index < -0.39 is 30.0 Å². The first-order valence-corrected chi connectivity index (χ1v) is 8.39. The maximum atomic E-state index is 12.0. The van der Waals surface area contributed by atoms with Crippen LogP contribution in [0.2, 0.25) is 5.02 Å². The quantitative estimate of drug-likeness (QED) is 0.701. The number of rotatable bonds is 6. The Kier molecular flexibility index (Phi) is 4.88. The zero-order valence-electron chi connectivity index (χ0n) is 13.6. The summed E-state index contributed by atoms with van der Waals surface area (Å²) >= 11 is 6.01. The Morgan fingerprint density at radius 2 is 1.96 bits per heavy atom. The Balaban J connectivity index is 2.16. The molecule has 26 heavy (non-hydrogen) atoms. The van der Waals surface area contributed by atoms with Crippen molar-refractivity contribution in [2.75, 3.05) is 6.54 Å². The highest BCUT2D eigenvalue weighted by Gasteiger charge is 2.40. The summed E-state index contributed by atoms with van der Waals surface area (Å²) in [6.45, 7) is -0.0152. The zero-order valence-corrected chi connectivity index (χ0v) is 14.4. The minimum atomic E-state index is -1.18. The van der Waals surface area contributed by atoms with E-state index in [4.69, 9.17) is 16.7 Å². The lowest BCUT2D eigenvalue weighted by Crippen LogP contribution is -2.41. The molecular weight excluding hydrogens is 364 g/mol. The molecule has 0 spiro atoms. The van der Waals surface area contributed by atoms with Crippen molar-refractivity contribution >= 4 is 40.4 Å². The van der Waals surface area contributed by atoms with E-state index in [0.29, 0.717) is 40.9 Å². The smallest absolute Gasteiger partial charge is 0.325 e. The molecule has 1 aromatic carbocycles. The first-order chi connectivity index (χ1) is 12.3. The predicted octanol–water partition coefficient (Wildman–Crippen LogP) is 2.05. The van der Waals surface area contributed by atoms with Gasteiger partial charge in [0.25, 0.3) is 0 Å². The van der Waals surface area contributed by atoms with Crippen LogP contribution in [0.3, 0.4) is 0 Å². The monoisotopic (exact) mass is 380 g/mol. The number of hydrogen-bond acceptors (Lipinski definition) is 4. The van der Waals surface area contributed by atoms with E-state index in [1.54, 1.807) is 18.2 Å². The fourth-order valence-corrected chi connectivity index (χ4v) is 3.77. The summed E-state index contributed by atoms with van der Waals surface area (Å²) in [6.07, 6.45) is 2.42. The fraction of sp³-hybridized carbons (Fsp3) is 0.353. The molecule has 2 heterocycles. The number of aliphatic carboxylic acids is 3. The van der Waals surface area contributed by atoms with E-state index in [0.717, 1.165) is 0 Å². The lowest BCUT2D eigenvalue weighted by atomic mass is 10.0. The van der Waals surface area contributed by atoms with E-state index in [-0.39, 0.29) is 6.54 Å². The van der Waals surface area contributed by atoms with Crippen LogP contribution in [0.15, 0.2) is 24.4 Å². The standard InChI is InChI=1S/C17H17ClN2O6/c18-9-3-4-10-11(7-19(8-14(21)22)13(10)6-9)15(17(25)26)20-5-1-2-12(20)16(23)24/h3-4,6-7,12,15H,1-2,5,8H2,(H,21,22)(H,23,24)(H,25,26)/t12-,15?/m0/s1. The van der Waals surface area contributed by atoms with Gasteiger partial charge in [0, 0.05) is 28.7 Å². The molecule has 0 radical (unpaired) electrons. The topological polar surface area (TPSA) is 120 Å². The summed E-state index contributed by atoms with van der Waals surface area (Å²) in [5, 5.41) is 29.3. The average molecular weight is 381 g/mol. The van der Waals surface area contributed by atoms with Crippen LogP contribution in [0.4, 0.5) is 0 Å². The third kappa shape index (κ3) is 3.25. The van der Waals surface area contributed by atoms with Gasteiger partial charge in [-0.2, -0.15) is 0 Å². The van der Waals surface area contributed by atoms with Crippen LogP contribution < -0.4 is 0 Å². The molecule has 1 aromatic heterocycles. The van der Waals surface area contributed by atoms with Crippen LogP contribution in [0.5, 0.6) is 0 Å². The van der Waals surface area contributed by atoms with Gasteiger partial charge in [-0.05, 0) is 25.0 Å². The highest BCUT2D eigenvalue weighted by molar-refractivity contribution is 6.31. The Morgan fingerprint density at radius 3 is 2.58 bits per heavy atom. The molecule has 3 N–H and O–H groups in total. The average Bonchev–Trinajstić information content (AvgIpc) is 3.13. The summed E-state index contributed by atoms with van der Waals surface area (Å²) in [6, 6.07) is 2.72. The van der Waals surface area contributed by atoms with Crippen molar-refractivity contribution in [1.29, 1.82) is 0 Å². The molecule has 0 bridgehead atoms. The van der Waals surface area contributed by atoms with Gasteiger partial charge in [0.2, 0.25) is 0 Å². The number of carboxylic acids is 3. The first-order valence-electron chi connectivity index (χ1n) is 8.01. The summed E-state index contributed by atoms with van der Waals surface area (Å²) in [7, 11) is 0. The molecule has 1 fully saturated rings. The highest BCUT2D eigenvalue weighted by Crippen LogP contribution is 2.36. The van der Waals surface area contributed by atoms with Crippen molar-refractivity contribution in [3.63, 3.8) is 0 Å². The Morgan fingerprint density at radius 1 is 1.23 bits per heavy atom. The molecule has 138 valence electrons. The number of fused-ring (bicyclic) bond motifs is 1. The maximum absolute atomic E-state index is 12.0. The van der Waals surface area contributed by atoms with Crippen LogP contribution in [0.1, 0.15) is 24.4 Å². The van der Waals surface area contributed by atoms with E-state index >= 15 is 0 Å². The van der Waals surface area contributed by atoms with Gasteiger partial charge in [-0.1, -0.05) is 17.7 Å². The summed E-state index contributed by atoms with van der Waals surface area (Å²) in [4.78, 5) is 36.1. The number of halogens is 1. The second-order valence-electron chi connectivity index (χ2n) is 6.24. The van der Waals surface area contributed by atoms with Crippen molar-refractivity contribution in [3.8, 4) is 0 Å². The number of carboxylic acid groups (broad SMARTS) is 3. The molecule has 0 aliphatic carbocycles. The summed E-state index contributed by atoms with van der Waals surface area (Å²) in [5.74, 6) is -3.32. The number of likely N-dealkylation sites (tertiary alicyclic amines) is 1. The fourth-order valence-electron chi connectivity index (χ4n) is 3.60. The number of nitrogens with zero attached hydrogens (tertiary/aromatic N) is 2. The lowest BCUT2D eigenvalue weighted by Gasteiger charge is -2.27. The third-order valence-electron chi connectivity index (χ3n) is 4.62. The van der Waals surface area contributed by atoms with E-state index in [1.165, 1.54) is 15.7 Å². The minimum absolute atomic E-state index is 0.340. The van der Waals surface area contributed by atoms with Crippen LogP contribution in [0.25, 0.3) is 10.9 Å². The Bertz CT molecular complexity index is 893. The minimum Gasteiger partial charge on any atom is -0.480 e. The van der Waals surface area contributed by atoms with Gasteiger partial charge in [-0.25, -0.2) is 0 Å². The van der Waals surface area contributed by atoms with Gasteiger partial charge in [-0.3, -0.25) is 19.3 Å². The summed E-state index contributed by atoms with van der Waals surface area (Å²) in [5.41, 5.74) is 0.853. The zero-order chi connectivity index (χ0) is 19.0. The highest BCUT2D eigenvalue weighted by atomic mass is 35.5. The van der Waals surface area contributed by atoms with Gasteiger partial charge in [0.05, 0.1) is 5.52 Å². The van der Waals surface area contributed by atoms with Crippen molar-refractivity contribution in [2.45, 2.75) is 31.5 Å². The van der Waals surface area contributed by atoms with Crippen LogP contribution in [-0.2, 0) is 20.9 Å². The second-order valence-corrected chi connectivity index (χ2v) is 6.68. The van der Waals surface area contributed by atoms with Gasteiger partial charge in [0.1, 0.15) is 18.6 Å². The van der Waals surface area contributed by atoms with Crippen molar-refractivity contribution in [2.24, 2.45) is 0 Å². The number of carbonyl (C=O) groups is 3. The van der Waals surface area contributed by atoms with Gasteiger partial charge >= 0.3 is 17.9 Å². The largest absolute Gasteiger partial charge is 0.480 e. The Labute approximate surface area is 153 Å². The lowest BCUT2D eigenvalue weighted by molar-refractivity contribution is -0.149. The maximum Gasteiger partial charge on any atom is 0.325 e. The van der Waals surface area contributed by atoms with E-state index in [9.17, 15) is 24.6 Å². The Hall–Kier alpha value is -2.58. The normalized spacial score (nSPS) is 18.9. The van der Waals surface area contributed by atoms with Crippen LogP contribution in [0, 0.1) is 0 Å². The second kappa shape index (κ2) is 6.97. The molecule has 1 aliphatic heterocycles.